The van der Waals surface area contributed by atoms with E-state index in [1.807, 2.05) is 12.3 Å². The number of ketones is 1. The predicted octanol–water partition coefficient (Wildman–Crippen LogP) is 4.61. The number of hydrogen-bond donors (Lipinski definition) is 0. The Balaban J connectivity index is 2.52. The summed E-state index contributed by atoms with van der Waals surface area (Å²) in [5.41, 5.74) is 1.21. The van der Waals surface area contributed by atoms with Gasteiger partial charge in [0.15, 0.2) is 11.5 Å². The summed E-state index contributed by atoms with van der Waals surface area (Å²) >= 11 is 13.6. The molecule has 0 amide bonds. The van der Waals surface area contributed by atoms with Gasteiger partial charge in [-0.25, -0.2) is 0 Å². The van der Waals surface area contributed by atoms with Crippen LogP contribution in [0, 0.1) is 6.92 Å². The monoisotopic (exact) mass is 330 g/mol. The first kappa shape index (κ1) is 15.2. The van der Waals surface area contributed by atoms with E-state index in [0.29, 0.717) is 32.0 Å². The zero-order valence-corrected chi connectivity index (χ0v) is 13.4. The smallest absolute Gasteiger partial charge is 0.206 e. The van der Waals surface area contributed by atoms with Gasteiger partial charge in [-0.1, -0.05) is 23.2 Å². The lowest BCUT2D eigenvalue weighted by Crippen LogP contribution is -2.02. The van der Waals surface area contributed by atoms with Crippen molar-refractivity contribution in [2.24, 2.45) is 0 Å². The zero-order chi connectivity index (χ0) is 14.9. The normalized spacial score (nSPS) is 10.4. The summed E-state index contributed by atoms with van der Waals surface area (Å²) in [6.07, 6.45) is 0. The highest BCUT2D eigenvalue weighted by Crippen LogP contribution is 2.36. The lowest BCUT2D eigenvalue weighted by Gasteiger charge is -2.10. The lowest BCUT2D eigenvalue weighted by molar-refractivity contribution is 0.104. The van der Waals surface area contributed by atoms with Crippen LogP contribution in [0.15, 0.2) is 17.5 Å². The van der Waals surface area contributed by atoms with Gasteiger partial charge in [-0.05, 0) is 23.9 Å². The van der Waals surface area contributed by atoms with Crippen LogP contribution in [-0.4, -0.2) is 20.0 Å². The number of carbonyl (C=O) groups is 1. The molecule has 0 saturated heterocycles. The highest BCUT2D eigenvalue weighted by atomic mass is 35.5. The van der Waals surface area contributed by atoms with E-state index in [0.717, 1.165) is 5.56 Å². The van der Waals surface area contributed by atoms with Gasteiger partial charge < -0.3 is 9.47 Å². The van der Waals surface area contributed by atoms with Gasteiger partial charge in [0.25, 0.3) is 0 Å². The largest absolute Gasteiger partial charge is 0.493 e. The number of ether oxygens (including phenoxy) is 2. The molecule has 0 fully saturated rings. The Morgan fingerprint density at radius 2 is 1.75 bits per heavy atom. The molecule has 1 heterocycles. The molecule has 1 aromatic carbocycles. The van der Waals surface area contributed by atoms with Crippen molar-refractivity contribution < 1.29 is 14.3 Å². The van der Waals surface area contributed by atoms with Gasteiger partial charge in [0.05, 0.1) is 29.1 Å². The molecule has 0 atom stereocenters. The van der Waals surface area contributed by atoms with Crippen molar-refractivity contribution in [1.82, 2.24) is 0 Å². The third-order valence-electron chi connectivity index (χ3n) is 2.82. The van der Waals surface area contributed by atoms with E-state index in [1.54, 1.807) is 12.1 Å². The van der Waals surface area contributed by atoms with Gasteiger partial charge in [0.1, 0.15) is 0 Å². The summed E-state index contributed by atoms with van der Waals surface area (Å²) in [7, 11) is 3.01. The van der Waals surface area contributed by atoms with Crippen molar-refractivity contribution in [3.63, 3.8) is 0 Å². The molecule has 0 N–H and O–H groups in total. The maximum absolute atomic E-state index is 12.5. The summed E-state index contributed by atoms with van der Waals surface area (Å²) in [6, 6.07) is 3.12. The molecule has 2 aromatic rings. The molecular weight excluding hydrogens is 319 g/mol. The summed E-state index contributed by atoms with van der Waals surface area (Å²) < 4.78 is 10.3. The molecule has 0 radical (unpaired) electrons. The van der Waals surface area contributed by atoms with Gasteiger partial charge in [-0.2, -0.15) is 0 Å². The Morgan fingerprint density at radius 1 is 1.15 bits per heavy atom. The van der Waals surface area contributed by atoms with Gasteiger partial charge >= 0.3 is 0 Å². The molecule has 1 aromatic heterocycles. The molecular formula is C14H12Cl2O3S. The molecule has 2 rings (SSSR count). The first-order valence-electron chi connectivity index (χ1n) is 5.69. The second-order valence-corrected chi connectivity index (χ2v) is 5.74. The number of carbonyl (C=O) groups excluding carboxylic acids is 1. The molecule has 6 heteroatoms. The number of halogens is 2. The standard InChI is InChI=1S/C14H12Cl2O3S/c1-7-6-20-14(12(7)16)13(17)8-4-10(18-2)11(19-3)5-9(8)15/h4-6H,1-3H3. The van der Waals surface area contributed by atoms with Crippen LogP contribution in [0.4, 0.5) is 0 Å². The Labute approximate surface area is 131 Å². The van der Waals surface area contributed by atoms with Crippen LogP contribution in [0.25, 0.3) is 0 Å². The van der Waals surface area contributed by atoms with Crippen molar-refractivity contribution in [3.05, 3.63) is 43.6 Å². The first-order valence-corrected chi connectivity index (χ1v) is 7.33. The zero-order valence-electron chi connectivity index (χ0n) is 11.1. The Kier molecular flexibility index (Phi) is 4.58. The molecule has 106 valence electrons. The molecule has 0 unspecified atom stereocenters. The summed E-state index contributed by atoms with van der Waals surface area (Å²) in [5.74, 6) is 0.700. The second kappa shape index (κ2) is 6.04. The van der Waals surface area contributed by atoms with Crippen molar-refractivity contribution in [2.45, 2.75) is 6.92 Å². The predicted molar refractivity (Wildman–Crippen MR) is 82.1 cm³/mol. The fourth-order valence-corrected chi connectivity index (χ4v) is 3.21. The third kappa shape index (κ3) is 2.64. The van der Waals surface area contributed by atoms with Crippen LogP contribution in [0.2, 0.25) is 10.0 Å². The number of rotatable bonds is 4. The fourth-order valence-electron chi connectivity index (χ4n) is 1.73. The van der Waals surface area contributed by atoms with Crippen LogP contribution >= 0.6 is 34.5 Å². The Morgan fingerprint density at radius 3 is 2.25 bits per heavy atom. The van der Waals surface area contributed by atoms with E-state index in [2.05, 4.69) is 0 Å². The highest BCUT2D eigenvalue weighted by Gasteiger charge is 2.21. The fraction of sp³-hybridized carbons (Fsp3) is 0.214. The van der Waals surface area contributed by atoms with E-state index in [9.17, 15) is 4.79 Å². The van der Waals surface area contributed by atoms with Crippen LogP contribution in [-0.2, 0) is 0 Å². The van der Waals surface area contributed by atoms with Crippen LogP contribution < -0.4 is 9.47 Å². The first-order chi connectivity index (χ1) is 9.49. The topological polar surface area (TPSA) is 35.5 Å². The van der Waals surface area contributed by atoms with Gasteiger partial charge in [0.2, 0.25) is 5.78 Å². The SMILES string of the molecule is COc1cc(Cl)c(C(=O)c2scc(C)c2Cl)cc1OC. The van der Waals surface area contributed by atoms with Crippen LogP contribution in [0.1, 0.15) is 20.8 Å². The molecule has 0 saturated carbocycles. The molecule has 0 aliphatic heterocycles. The quantitative estimate of drug-likeness (QED) is 0.768. The molecule has 0 spiro atoms. The maximum Gasteiger partial charge on any atom is 0.206 e. The summed E-state index contributed by atoms with van der Waals surface area (Å²) in [6.45, 7) is 1.85. The highest BCUT2D eigenvalue weighted by molar-refractivity contribution is 7.13. The number of benzene rings is 1. The summed E-state index contributed by atoms with van der Waals surface area (Å²) in [4.78, 5) is 13.0. The van der Waals surface area contributed by atoms with E-state index in [4.69, 9.17) is 32.7 Å². The Hall–Kier alpha value is -1.23. The van der Waals surface area contributed by atoms with Crippen LogP contribution in [0.5, 0.6) is 11.5 Å². The number of thiophene rings is 1. The second-order valence-electron chi connectivity index (χ2n) is 4.08. The third-order valence-corrected chi connectivity index (χ3v) is 4.83. The van der Waals surface area contributed by atoms with Crippen molar-refractivity contribution in [1.29, 1.82) is 0 Å². The minimum atomic E-state index is -0.223. The average Bonchev–Trinajstić information content (AvgIpc) is 2.78. The molecule has 3 nitrogen and oxygen atoms in total. The minimum absolute atomic E-state index is 0.223. The van der Waals surface area contributed by atoms with E-state index >= 15 is 0 Å². The molecule has 20 heavy (non-hydrogen) atoms. The van der Waals surface area contributed by atoms with Gasteiger partial charge in [-0.15, -0.1) is 11.3 Å². The van der Waals surface area contributed by atoms with E-state index in [1.165, 1.54) is 25.6 Å². The van der Waals surface area contributed by atoms with Crippen molar-refractivity contribution in [2.75, 3.05) is 14.2 Å². The average molecular weight is 331 g/mol. The van der Waals surface area contributed by atoms with Crippen molar-refractivity contribution >= 4 is 40.3 Å². The minimum Gasteiger partial charge on any atom is -0.493 e. The van der Waals surface area contributed by atoms with E-state index < -0.39 is 0 Å². The van der Waals surface area contributed by atoms with Gasteiger partial charge in [0, 0.05) is 11.6 Å². The van der Waals surface area contributed by atoms with Crippen LogP contribution in [0.3, 0.4) is 0 Å². The number of methoxy groups -OCH3 is 2. The molecule has 0 aliphatic rings. The number of hydrogen-bond acceptors (Lipinski definition) is 4. The number of aryl methyl sites for hydroxylation is 1. The van der Waals surface area contributed by atoms with Gasteiger partial charge in [-0.3, -0.25) is 4.79 Å². The molecule has 0 aliphatic carbocycles. The lowest BCUT2D eigenvalue weighted by atomic mass is 10.1. The van der Waals surface area contributed by atoms with E-state index in [-0.39, 0.29) is 5.78 Å². The maximum atomic E-state index is 12.5. The summed E-state index contributed by atoms with van der Waals surface area (Å²) in [5, 5.41) is 2.60. The molecule has 0 bridgehead atoms. The van der Waals surface area contributed by atoms with Crippen molar-refractivity contribution in [3.8, 4) is 11.5 Å². The Bertz CT molecular complexity index is 665.